The van der Waals surface area contributed by atoms with Gasteiger partial charge in [0.05, 0.1) is 13.2 Å². The van der Waals surface area contributed by atoms with E-state index in [1.54, 1.807) is 6.33 Å². The monoisotopic (exact) mass is 423 g/mol. The first-order valence-corrected chi connectivity index (χ1v) is 10.9. The fourth-order valence-corrected chi connectivity index (χ4v) is 4.06. The lowest BCUT2D eigenvalue weighted by Gasteiger charge is -2.36. The number of aromatic nitrogens is 6. The zero-order valence-electron chi connectivity index (χ0n) is 18.4. The Bertz CT molecular complexity index is 1050. The van der Waals surface area contributed by atoms with Crippen molar-refractivity contribution in [1.29, 1.82) is 0 Å². The highest BCUT2D eigenvalue weighted by atomic mass is 16.5. The second-order valence-electron chi connectivity index (χ2n) is 9.04. The number of rotatable bonds is 3. The molecule has 5 heterocycles. The normalized spacial score (nSPS) is 18.1. The summed E-state index contributed by atoms with van der Waals surface area (Å²) in [6.07, 6.45) is 1.67. The van der Waals surface area contributed by atoms with Crippen molar-refractivity contribution in [2.45, 2.75) is 26.2 Å². The van der Waals surface area contributed by atoms with E-state index in [4.69, 9.17) is 9.84 Å². The first kappa shape index (κ1) is 19.9. The van der Waals surface area contributed by atoms with Gasteiger partial charge in [-0.3, -0.25) is 0 Å². The summed E-state index contributed by atoms with van der Waals surface area (Å²) in [5.41, 5.74) is 0.665. The largest absolute Gasteiger partial charge is 0.378 e. The van der Waals surface area contributed by atoms with Gasteiger partial charge >= 0.3 is 0 Å². The van der Waals surface area contributed by atoms with Crippen LogP contribution in [0.5, 0.6) is 0 Å². The molecule has 0 aromatic carbocycles. The Morgan fingerprint density at radius 3 is 2.03 bits per heavy atom. The Labute approximate surface area is 181 Å². The van der Waals surface area contributed by atoms with Gasteiger partial charge in [-0.1, -0.05) is 20.8 Å². The SMILES string of the molecule is CC(C)(C)c1nnc2ccc(N3CCN(c4cc(N5CCOCC5)ncn4)CC3)nn12. The summed E-state index contributed by atoms with van der Waals surface area (Å²) in [4.78, 5) is 15.9. The molecule has 0 amide bonds. The summed E-state index contributed by atoms with van der Waals surface area (Å²) in [5.74, 6) is 3.78. The predicted molar refractivity (Wildman–Crippen MR) is 119 cm³/mol. The number of nitrogens with zero attached hydrogens (tertiary/aromatic N) is 9. The van der Waals surface area contributed by atoms with E-state index in [0.29, 0.717) is 0 Å². The number of hydrogen-bond donors (Lipinski definition) is 0. The van der Waals surface area contributed by atoms with E-state index in [1.807, 2.05) is 16.6 Å². The Balaban J connectivity index is 1.29. The fraction of sp³-hybridized carbons (Fsp3) is 0.571. The van der Waals surface area contributed by atoms with E-state index in [9.17, 15) is 0 Å². The molecular weight excluding hydrogens is 394 g/mol. The van der Waals surface area contributed by atoms with Crippen LogP contribution < -0.4 is 14.7 Å². The van der Waals surface area contributed by atoms with E-state index >= 15 is 0 Å². The molecule has 31 heavy (non-hydrogen) atoms. The number of morpholine rings is 1. The molecule has 5 rings (SSSR count). The lowest BCUT2D eigenvalue weighted by Crippen LogP contribution is -2.47. The molecule has 0 atom stereocenters. The standard InChI is InChI=1S/C21H29N9O/c1-21(2,3)20-25-24-16-4-5-17(26-30(16)20)27-6-8-28(9-7-27)18-14-19(23-15-22-18)29-10-12-31-13-11-29/h4-5,14-15H,6-13H2,1-3H3. The molecule has 2 aliphatic rings. The summed E-state index contributed by atoms with van der Waals surface area (Å²) in [7, 11) is 0. The summed E-state index contributed by atoms with van der Waals surface area (Å²) in [6.45, 7) is 13.1. The summed E-state index contributed by atoms with van der Waals surface area (Å²) in [5, 5.41) is 13.5. The average Bonchev–Trinajstić information content (AvgIpc) is 3.24. The van der Waals surface area contributed by atoms with Crippen LogP contribution in [-0.2, 0) is 10.2 Å². The lowest BCUT2D eigenvalue weighted by atomic mass is 9.96. The molecule has 2 fully saturated rings. The van der Waals surface area contributed by atoms with Crippen LogP contribution in [-0.4, -0.2) is 82.3 Å². The molecular formula is C21H29N9O. The number of anilines is 3. The second-order valence-corrected chi connectivity index (χ2v) is 9.04. The number of fused-ring (bicyclic) bond motifs is 1. The number of ether oxygens (including phenoxy) is 1. The number of piperazine rings is 1. The Hall–Kier alpha value is -3.01. The number of hydrogen-bond acceptors (Lipinski definition) is 9. The van der Waals surface area contributed by atoms with Crippen molar-refractivity contribution in [3.05, 3.63) is 30.4 Å². The van der Waals surface area contributed by atoms with E-state index in [1.165, 1.54) is 0 Å². The van der Waals surface area contributed by atoms with Crippen molar-refractivity contribution in [3.8, 4) is 0 Å². The van der Waals surface area contributed by atoms with E-state index in [0.717, 1.165) is 81.4 Å². The molecule has 0 bridgehead atoms. The van der Waals surface area contributed by atoms with Crippen LogP contribution in [0, 0.1) is 0 Å². The van der Waals surface area contributed by atoms with Gasteiger partial charge in [0.15, 0.2) is 11.5 Å². The maximum atomic E-state index is 5.45. The van der Waals surface area contributed by atoms with Crippen LogP contribution >= 0.6 is 0 Å². The van der Waals surface area contributed by atoms with Gasteiger partial charge in [-0.15, -0.1) is 15.3 Å². The molecule has 0 N–H and O–H groups in total. The van der Waals surface area contributed by atoms with Gasteiger partial charge in [-0.05, 0) is 12.1 Å². The lowest BCUT2D eigenvalue weighted by molar-refractivity contribution is 0.122. The Kier molecular flexibility index (Phi) is 5.09. The van der Waals surface area contributed by atoms with E-state index < -0.39 is 0 Å². The molecule has 0 saturated carbocycles. The zero-order valence-corrected chi connectivity index (χ0v) is 18.4. The van der Waals surface area contributed by atoms with Crippen LogP contribution in [0.25, 0.3) is 5.65 Å². The van der Waals surface area contributed by atoms with Crippen LogP contribution in [0.4, 0.5) is 17.5 Å². The average molecular weight is 424 g/mol. The van der Waals surface area contributed by atoms with Gasteiger partial charge in [0, 0.05) is 50.7 Å². The first-order chi connectivity index (χ1) is 15.0. The second kappa shape index (κ2) is 7.92. The van der Waals surface area contributed by atoms with Gasteiger partial charge in [-0.25, -0.2) is 9.97 Å². The van der Waals surface area contributed by atoms with Crippen LogP contribution in [0.3, 0.4) is 0 Å². The molecule has 0 unspecified atom stereocenters. The van der Waals surface area contributed by atoms with Gasteiger partial charge in [0.25, 0.3) is 0 Å². The van der Waals surface area contributed by atoms with Gasteiger partial charge in [-0.2, -0.15) is 4.52 Å². The molecule has 164 valence electrons. The molecule has 10 heteroatoms. The third-order valence-electron chi connectivity index (χ3n) is 5.82. The van der Waals surface area contributed by atoms with E-state index in [2.05, 4.69) is 61.7 Å². The minimum atomic E-state index is -0.116. The smallest absolute Gasteiger partial charge is 0.178 e. The molecule has 3 aromatic heterocycles. The van der Waals surface area contributed by atoms with Crippen molar-refractivity contribution in [1.82, 2.24) is 29.8 Å². The minimum Gasteiger partial charge on any atom is -0.378 e. The molecule has 0 spiro atoms. The summed E-state index contributed by atoms with van der Waals surface area (Å²) < 4.78 is 7.33. The van der Waals surface area contributed by atoms with Crippen molar-refractivity contribution in [3.63, 3.8) is 0 Å². The van der Waals surface area contributed by atoms with Crippen LogP contribution in [0.1, 0.15) is 26.6 Å². The third kappa shape index (κ3) is 3.99. The van der Waals surface area contributed by atoms with Crippen LogP contribution in [0.15, 0.2) is 24.5 Å². The zero-order chi connectivity index (χ0) is 21.4. The quantitative estimate of drug-likeness (QED) is 0.620. The summed E-state index contributed by atoms with van der Waals surface area (Å²) in [6, 6.07) is 6.13. The first-order valence-electron chi connectivity index (χ1n) is 10.9. The molecule has 0 radical (unpaired) electrons. The summed E-state index contributed by atoms with van der Waals surface area (Å²) >= 11 is 0. The molecule has 10 nitrogen and oxygen atoms in total. The topological polar surface area (TPSA) is 87.8 Å². The van der Waals surface area contributed by atoms with Crippen molar-refractivity contribution < 1.29 is 4.74 Å². The molecule has 3 aromatic rings. The van der Waals surface area contributed by atoms with E-state index in [-0.39, 0.29) is 5.41 Å². The fourth-order valence-electron chi connectivity index (χ4n) is 4.06. The van der Waals surface area contributed by atoms with Crippen LogP contribution in [0.2, 0.25) is 0 Å². The third-order valence-corrected chi connectivity index (χ3v) is 5.82. The minimum absolute atomic E-state index is 0.116. The highest BCUT2D eigenvalue weighted by Gasteiger charge is 2.24. The van der Waals surface area contributed by atoms with Crippen molar-refractivity contribution in [2.24, 2.45) is 0 Å². The molecule has 0 aliphatic carbocycles. The molecule has 2 saturated heterocycles. The van der Waals surface area contributed by atoms with Gasteiger partial charge in [0.2, 0.25) is 0 Å². The Morgan fingerprint density at radius 1 is 0.774 bits per heavy atom. The van der Waals surface area contributed by atoms with Gasteiger partial charge < -0.3 is 19.4 Å². The maximum Gasteiger partial charge on any atom is 0.178 e. The maximum absolute atomic E-state index is 5.45. The van der Waals surface area contributed by atoms with Crippen molar-refractivity contribution in [2.75, 3.05) is 67.2 Å². The molecule has 2 aliphatic heterocycles. The van der Waals surface area contributed by atoms with Crippen molar-refractivity contribution >= 4 is 23.1 Å². The Morgan fingerprint density at radius 2 is 1.39 bits per heavy atom. The highest BCUT2D eigenvalue weighted by Crippen LogP contribution is 2.24. The highest BCUT2D eigenvalue weighted by molar-refractivity contribution is 5.52. The predicted octanol–water partition coefficient (Wildman–Crippen LogP) is 1.38. The van der Waals surface area contributed by atoms with Gasteiger partial charge in [0.1, 0.15) is 23.8 Å².